The van der Waals surface area contributed by atoms with Gasteiger partial charge in [0.15, 0.2) is 0 Å². The summed E-state index contributed by atoms with van der Waals surface area (Å²) in [6.07, 6.45) is 2.16. The summed E-state index contributed by atoms with van der Waals surface area (Å²) in [5, 5.41) is 0. The van der Waals surface area contributed by atoms with Crippen molar-refractivity contribution in [3.8, 4) is 0 Å². The van der Waals surface area contributed by atoms with Gasteiger partial charge in [0.1, 0.15) is 5.82 Å². The summed E-state index contributed by atoms with van der Waals surface area (Å²) in [6, 6.07) is 14.8. The van der Waals surface area contributed by atoms with Crippen LogP contribution in [0.4, 0.5) is 5.69 Å². The van der Waals surface area contributed by atoms with Gasteiger partial charge in [0.2, 0.25) is 0 Å². The number of H-pyrrole nitrogens is 1. The van der Waals surface area contributed by atoms with Crippen molar-refractivity contribution in [2.45, 2.75) is 13.8 Å². The van der Waals surface area contributed by atoms with Gasteiger partial charge >= 0.3 is 0 Å². The number of nitrogens with zero attached hydrogens (tertiary/aromatic N) is 2. The molecule has 0 aliphatic rings. The molecule has 0 aliphatic heterocycles. The zero-order valence-electron chi connectivity index (χ0n) is 13.5. The summed E-state index contributed by atoms with van der Waals surface area (Å²) in [5.74, 6) is 0.928. The summed E-state index contributed by atoms with van der Waals surface area (Å²) < 4.78 is 0. The topological polar surface area (TPSA) is 31.9 Å². The van der Waals surface area contributed by atoms with Crippen LogP contribution in [0.3, 0.4) is 0 Å². The fourth-order valence-corrected chi connectivity index (χ4v) is 2.50. The van der Waals surface area contributed by atoms with Crippen molar-refractivity contribution in [1.29, 1.82) is 0 Å². The summed E-state index contributed by atoms with van der Waals surface area (Å²) >= 11 is 0. The minimum atomic E-state index is 0.928. The number of nitrogens with one attached hydrogen (secondary N) is 1. The molecule has 0 unspecified atom stereocenters. The number of aromatic amines is 1. The molecule has 3 heteroatoms. The predicted molar refractivity (Wildman–Crippen MR) is 95.1 cm³/mol. The SMILES string of the molecule is C/C(=C\c1ccc(N(C)C)cc1)c1nc2ccc(C)cc2[nH]1. The number of hydrogen-bond donors (Lipinski definition) is 1. The standard InChI is InChI=1S/C19H21N3/c1-13-5-10-17-18(11-13)21-19(20-17)14(2)12-15-6-8-16(9-7-15)22(3)4/h5-12H,1-4H3,(H,20,21)/b14-12+. The van der Waals surface area contributed by atoms with Crippen molar-refractivity contribution in [3.05, 3.63) is 59.4 Å². The summed E-state index contributed by atoms with van der Waals surface area (Å²) in [5.41, 5.74) is 6.85. The van der Waals surface area contributed by atoms with Crippen LogP contribution in [-0.2, 0) is 0 Å². The molecule has 0 radical (unpaired) electrons. The highest BCUT2D eigenvalue weighted by Gasteiger charge is 2.05. The van der Waals surface area contributed by atoms with E-state index in [0.717, 1.165) is 22.4 Å². The second-order valence-corrected chi connectivity index (χ2v) is 5.92. The Kier molecular flexibility index (Phi) is 3.72. The zero-order valence-corrected chi connectivity index (χ0v) is 13.5. The molecule has 0 saturated heterocycles. The largest absolute Gasteiger partial charge is 0.378 e. The Bertz CT molecular complexity index is 824. The smallest absolute Gasteiger partial charge is 0.134 e. The van der Waals surface area contributed by atoms with Gasteiger partial charge in [-0.25, -0.2) is 4.98 Å². The molecule has 22 heavy (non-hydrogen) atoms. The van der Waals surface area contributed by atoms with Crippen LogP contribution in [-0.4, -0.2) is 24.1 Å². The highest BCUT2D eigenvalue weighted by Crippen LogP contribution is 2.21. The maximum atomic E-state index is 4.66. The molecule has 0 aliphatic carbocycles. The number of allylic oxidation sites excluding steroid dienone is 1. The van der Waals surface area contributed by atoms with E-state index in [1.165, 1.54) is 16.8 Å². The van der Waals surface area contributed by atoms with Crippen molar-refractivity contribution in [2.75, 3.05) is 19.0 Å². The average Bonchev–Trinajstić information content (AvgIpc) is 2.91. The number of imidazole rings is 1. The van der Waals surface area contributed by atoms with Crippen LogP contribution in [0.15, 0.2) is 42.5 Å². The molecule has 112 valence electrons. The van der Waals surface area contributed by atoms with Gasteiger partial charge in [-0.05, 0) is 60.9 Å². The van der Waals surface area contributed by atoms with E-state index in [4.69, 9.17) is 0 Å². The number of aromatic nitrogens is 2. The van der Waals surface area contributed by atoms with Crippen LogP contribution >= 0.6 is 0 Å². The first kappa shape index (κ1) is 14.4. The number of rotatable bonds is 3. The third kappa shape index (κ3) is 2.89. The van der Waals surface area contributed by atoms with E-state index in [-0.39, 0.29) is 0 Å². The van der Waals surface area contributed by atoms with E-state index < -0.39 is 0 Å². The second-order valence-electron chi connectivity index (χ2n) is 5.92. The minimum absolute atomic E-state index is 0.928. The van der Waals surface area contributed by atoms with Crippen LogP contribution in [0.25, 0.3) is 22.7 Å². The first-order valence-corrected chi connectivity index (χ1v) is 7.45. The Morgan fingerprint density at radius 2 is 1.82 bits per heavy atom. The van der Waals surface area contributed by atoms with Gasteiger partial charge in [-0.15, -0.1) is 0 Å². The molecule has 1 N–H and O–H groups in total. The van der Waals surface area contributed by atoms with Crippen LogP contribution < -0.4 is 4.90 Å². The van der Waals surface area contributed by atoms with Crippen LogP contribution in [0.1, 0.15) is 23.9 Å². The van der Waals surface area contributed by atoms with Crippen molar-refractivity contribution in [1.82, 2.24) is 9.97 Å². The maximum Gasteiger partial charge on any atom is 0.134 e. The fourth-order valence-electron chi connectivity index (χ4n) is 2.50. The quantitative estimate of drug-likeness (QED) is 0.770. The number of benzene rings is 2. The Hall–Kier alpha value is -2.55. The average molecular weight is 291 g/mol. The van der Waals surface area contributed by atoms with E-state index in [0.29, 0.717) is 0 Å². The molecule has 0 saturated carbocycles. The summed E-state index contributed by atoms with van der Waals surface area (Å²) in [6.45, 7) is 4.18. The Labute approximate surface area is 131 Å². The first-order valence-electron chi connectivity index (χ1n) is 7.45. The molecule has 3 nitrogen and oxygen atoms in total. The van der Waals surface area contributed by atoms with E-state index in [1.54, 1.807) is 0 Å². The molecule has 1 heterocycles. The summed E-state index contributed by atoms with van der Waals surface area (Å²) in [7, 11) is 4.10. The molecule has 3 aromatic rings. The van der Waals surface area contributed by atoms with E-state index in [1.807, 2.05) is 14.1 Å². The predicted octanol–water partition coefficient (Wildman–Crippen LogP) is 4.50. The molecule has 0 fully saturated rings. The van der Waals surface area contributed by atoms with Gasteiger partial charge in [0.05, 0.1) is 11.0 Å². The minimum Gasteiger partial charge on any atom is -0.378 e. The maximum absolute atomic E-state index is 4.66. The number of anilines is 1. The third-order valence-corrected chi connectivity index (χ3v) is 3.80. The van der Waals surface area contributed by atoms with Gasteiger partial charge in [-0.3, -0.25) is 0 Å². The molecular weight excluding hydrogens is 270 g/mol. The molecule has 0 spiro atoms. The molecule has 3 rings (SSSR count). The monoisotopic (exact) mass is 291 g/mol. The van der Waals surface area contributed by atoms with Crippen molar-refractivity contribution in [3.63, 3.8) is 0 Å². The lowest BCUT2D eigenvalue weighted by Crippen LogP contribution is -2.07. The second kappa shape index (κ2) is 5.68. The molecule has 0 atom stereocenters. The van der Waals surface area contributed by atoms with Crippen LogP contribution in [0.2, 0.25) is 0 Å². The normalized spacial score (nSPS) is 11.9. The lowest BCUT2D eigenvalue weighted by Gasteiger charge is -2.11. The third-order valence-electron chi connectivity index (χ3n) is 3.80. The number of aryl methyl sites for hydroxylation is 1. The van der Waals surface area contributed by atoms with E-state index >= 15 is 0 Å². The molecular formula is C19H21N3. The summed E-state index contributed by atoms with van der Waals surface area (Å²) in [4.78, 5) is 10.2. The van der Waals surface area contributed by atoms with E-state index in [9.17, 15) is 0 Å². The first-order chi connectivity index (χ1) is 10.5. The number of fused-ring (bicyclic) bond motifs is 1. The molecule has 0 amide bonds. The van der Waals surface area contributed by atoms with Crippen LogP contribution in [0, 0.1) is 6.92 Å². The van der Waals surface area contributed by atoms with Gasteiger partial charge in [-0.2, -0.15) is 0 Å². The van der Waals surface area contributed by atoms with Crippen molar-refractivity contribution in [2.24, 2.45) is 0 Å². The van der Waals surface area contributed by atoms with Crippen molar-refractivity contribution >= 4 is 28.4 Å². The Morgan fingerprint density at radius 3 is 2.50 bits per heavy atom. The molecule has 1 aromatic heterocycles. The highest BCUT2D eigenvalue weighted by molar-refractivity contribution is 5.83. The van der Waals surface area contributed by atoms with Crippen LogP contribution in [0.5, 0.6) is 0 Å². The zero-order chi connectivity index (χ0) is 15.7. The fraction of sp³-hybridized carbons (Fsp3) is 0.211. The molecule has 2 aromatic carbocycles. The lowest BCUT2D eigenvalue weighted by atomic mass is 10.1. The Morgan fingerprint density at radius 1 is 1.09 bits per heavy atom. The van der Waals surface area contributed by atoms with Gasteiger partial charge in [-0.1, -0.05) is 18.2 Å². The van der Waals surface area contributed by atoms with Gasteiger partial charge in [0, 0.05) is 19.8 Å². The molecule has 0 bridgehead atoms. The van der Waals surface area contributed by atoms with E-state index in [2.05, 4.69) is 77.3 Å². The Balaban J connectivity index is 1.92. The highest BCUT2D eigenvalue weighted by atomic mass is 15.1. The van der Waals surface area contributed by atoms with Crippen molar-refractivity contribution < 1.29 is 0 Å². The van der Waals surface area contributed by atoms with Gasteiger partial charge < -0.3 is 9.88 Å². The van der Waals surface area contributed by atoms with Gasteiger partial charge in [0.25, 0.3) is 0 Å². The number of hydrogen-bond acceptors (Lipinski definition) is 2. The lowest BCUT2D eigenvalue weighted by molar-refractivity contribution is 1.13.